The van der Waals surface area contributed by atoms with Crippen LogP contribution in [-0.4, -0.2) is 87.6 Å². The molecule has 1 heterocycles. The van der Waals surface area contributed by atoms with E-state index in [4.69, 9.17) is 9.47 Å². The predicted octanol–water partition coefficient (Wildman–Crippen LogP) is 4.43. The maximum atomic E-state index is 13.9. The van der Waals surface area contributed by atoms with Crippen LogP contribution in [0.2, 0.25) is 0 Å². The molecule has 320 valence electrons. The van der Waals surface area contributed by atoms with Crippen molar-refractivity contribution in [1.29, 1.82) is 0 Å². The molecule has 3 amide bonds. The number of ketones is 3. The maximum Gasteiger partial charge on any atom is 0.230 e. The van der Waals surface area contributed by atoms with Crippen molar-refractivity contribution in [3.05, 3.63) is 89.0 Å². The smallest absolute Gasteiger partial charge is 0.230 e. The van der Waals surface area contributed by atoms with Gasteiger partial charge in [-0.25, -0.2) is 0 Å². The Morgan fingerprint density at radius 1 is 1.03 bits per heavy atom. The molecule has 11 atom stereocenters. The Morgan fingerprint density at radius 3 is 2.53 bits per heavy atom. The highest BCUT2D eigenvalue weighted by Crippen LogP contribution is 2.69. The van der Waals surface area contributed by atoms with Crippen LogP contribution in [0.3, 0.4) is 0 Å². The number of ether oxygens (including phenoxy) is 2. The highest BCUT2D eigenvalue weighted by molar-refractivity contribution is 9.09. The second-order valence-corrected chi connectivity index (χ2v) is 18.0. The Kier molecular flexibility index (Phi) is 13.1. The van der Waals surface area contributed by atoms with E-state index in [1.807, 2.05) is 55.5 Å². The number of fused-ring (bicyclic) bond motifs is 7. The molecular formula is C46H54BrN3O10. The Bertz CT molecular complexity index is 2090. The fourth-order valence-electron chi connectivity index (χ4n) is 10.8. The van der Waals surface area contributed by atoms with E-state index in [0.717, 1.165) is 35.1 Å². The van der Waals surface area contributed by atoms with Crippen LogP contribution in [0.4, 0.5) is 5.69 Å². The molecule has 1 saturated heterocycles. The van der Waals surface area contributed by atoms with E-state index >= 15 is 0 Å². The average Bonchev–Trinajstić information content (AvgIpc) is 3.73. The van der Waals surface area contributed by atoms with Gasteiger partial charge >= 0.3 is 0 Å². The number of carbonyl (C=O) groups is 6. The first-order chi connectivity index (χ1) is 28.7. The van der Waals surface area contributed by atoms with Gasteiger partial charge in [-0.1, -0.05) is 77.8 Å². The zero-order valence-electron chi connectivity index (χ0n) is 34.2. The molecule has 5 aliphatic rings. The van der Waals surface area contributed by atoms with Gasteiger partial charge in [0.2, 0.25) is 17.7 Å². The fourth-order valence-corrected chi connectivity index (χ4v) is 11.0. The van der Waals surface area contributed by atoms with Crippen LogP contribution in [0.5, 0.6) is 0 Å². The third kappa shape index (κ3) is 8.46. The number of amides is 3. The molecule has 13 nitrogen and oxygen atoms in total. The molecule has 2 aromatic rings. The van der Waals surface area contributed by atoms with Gasteiger partial charge in [-0.2, -0.15) is 0 Å². The zero-order valence-corrected chi connectivity index (χ0v) is 35.7. The second-order valence-electron chi connectivity index (χ2n) is 17.4. The quantitative estimate of drug-likeness (QED) is 0.160. The largest absolute Gasteiger partial charge is 0.393 e. The van der Waals surface area contributed by atoms with Crippen LogP contribution in [0, 0.1) is 35.0 Å². The van der Waals surface area contributed by atoms with Crippen molar-refractivity contribution >= 4 is 56.7 Å². The van der Waals surface area contributed by atoms with Crippen LogP contribution in [0.15, 0.2) is 72.3 Å². The van der Waals surface area contributed by atoms with Gasteiger partial charge in [-0.05, 0) is 92.2 Å². The predicted molar refractivity (Wildman–Crippen MR) is 224 cm³/mol. The van der Waals surface area contributed by atoms with Crippen LogP contribution in [0.25, 0.3) is 0 Å². The second kappa shape index (κ2) is 17.9. The summed E-state index contributed by atoms with van der Waals surface area (Å²) < 4.78 is 13.3. The van der Waals surface area contributed by atoms with Gasteiger partial charge in [-0.3, -0.25) is 28.8 Å². The number of nitrogens with one attached hydrogen (secondary N) is 3. The summed E-state index contributed by atoms with van der Waals surface area (Å²) >= 11 is 3.04. The minimum absolute atomic E-state index is 0.0119. The number of hydrogen-bond donors (Lipinski definition) is 5. The van der Waals surface area contributed by atoms with Crippen LogP contribution >= 0.6 is 15.9 Å². The Morgan fingerprint density at radius 2 is 1.80 bits per heavy atom. The number of aliphatic hydroxyl groups is 2. The van der Waals surface area contributed by atoms with Crippen LogP contribution < -0.4 is 16.0 Å². The van der Waals surface area contributed by atoms with Gasteiger partial charge in [0.1, 0.15) is 6.61 Å². The molecule has 5 N–H and O–H groups in total. The lowest BCUT2D eigenvalue weighted by Gasteiger charge is -2.56. The Hall–Kier alpha value is -4.34. The summed E-state index contributed by atoms with van der Waals surface area (Å²) in [6, 6.07) is 14.4. The summed E-state index contributed by atoms with van der Waals surface area (Å²) in [4.78, 5) is 75.4. The highest BCUT2D eigenvalue weighted by atomic mass is 79.9. The van der Waals surface area contributed by atoms with Crippen molar-refractivity contribution in [2.45, 2.75) is 95.9 Å². The minimum atomic E-state index is -1.42. The zero-order chi connectivity index (χ0) is 42.9. The summed E-state index contributed by atoms with van der Waals surface area (Å²) in [5.41, 5.74) is 2.11. The number of rotatable bonds is 15. The van der Waals surface area contributed by atoms with Gasteiger partial charge in [0.15, 0.2) is 29.2 Å². The lowest BCUT2D eigenvalue weighted by molar-refractivity contribution is -0.197. The van der Waals surface area contributed by atoms with Crippen molar-refractivity contribution in [2.75, 3.05) is 23.8 Å². The first-order valence-corrected chi connectivity index (χ1v) is 22.0. The topological polar surface area (TPSA) is 197 Å². The lowest BCUT2D eigenvalue weighted by atomic mass is 9.49. The van der Waals surface area contributed by atoms with Crippen LogP contribution in [0.1, 0.15) is 82.3 Å². The molecule has 1 unspecified atom stereocenters. The Labute approximate surface area is 358 Å². The fraction of sp³-hybridized carbons (Fsp3) is 0.522. The van der Waals surface area contributed by atoms with Crippen molar-refractivity contribution < 1.29 is 48.5 Å². The molecule has 4 aliphatic carbocycles. The average molecular weight is 889 g/mol. The summed E-state index contributed by atoms with van der Waals surface area (Å²) in [6.07, 6.45) is 6.06. The molecule has 2 aromatic carbocycles. The molecule has 1 aliphatic heterocycles. The number of hydrogen-bond acceptors (Lipinski definition) is 10. The van der Waals surface area contributed by atoms with Gasteiger partial charge in [-0.15, -0.1) is 0 Å². The van der Waals surface area contributed by atoms with E-state index in [2.05, 4.69) is 31.9 Å². The van der Waals surface area contributed by atoms with Crippen LogP contribution in [-0.2, 0) is 44.7 Å². The summed E-state index contributed by atoms with van der Waals surface area (Å²) in [5, 5.41) is 30.3. The van der Waals surface area contributed by atoms with Crippen molar-refractivity contribution in [2.24, 2.45) is 35.0 Å². The number of aliphatic hydroxyl groups excluding tert-OH is 2. The molecule has 4 fully saturated rings. The number of anilines is 1. The van der Waals surface area contributed by atoms with Gasteiger partial charge in [0.25, 0.3) is 0 Å². The number of Topliss-reactive ketones (excluding diaryl/α,β-unsaturated/α-hetero) is 2. The molecule has 60 heavy (non-hydrogen) atoms. The normalized spacial score (nSPS) is 31.1. The van der Waals surface area contributed by atoms with E-state index in [0.29, 0.717) is 24.9 Å². The molecule has 0 aromatic heterocycles. The third-order valence-corrected chi connectivity index (χ3v) is 14.2. The first-order valence-electron chi connectivity index (χ1n) is 20.9. The number of allylic oxidation sites excluding steroid dienone is 4. The van der Waals surface area contributed by atoms with E-state index in [1.165, 1.54) is 0 Å². The number of carbonyl (C=O) groups excluding carboxylic acids is 6. The molecule has 14 heteroatoms. The summed E-state index contributed by atoms with van der Waals surface area (Å²) in [5.74, 6) is -2.27. The number of halogens is 1. The summed E-state index contributed by atoms with van der Waals surface area (Å²) in [7, 11) is 0. The van der Waals surface area contributed by atoms with E-state index in [1.54, 1.807) is 32.1 Å². The molecule has 0 spiro atoms. The van der Waals surface area contributed by atoms with Gasteiger partial charge < -0.3 is 35.6 Å². The molecule has 3 saturated carbocycles. The Balaban J connectivity index is 0.954. The van der Waals surface area contributed by atoms with Gasteiger partial charge in [0.05, 0.1) is 23.6 Å². The highest BCUT2D eigenvalue weighted by Gasteiger charge is 2.75. The van der Waals surface area contributed by atoms with E-state index in [-0.39, 0.29) is 77.7 Å². The van der Waals surface area contributed by atoms with Gasteiger partial charge in [0, 0.05) is 47.9 Å². The lowest BCUT2D eigenvalue weighted by Crippen LogP contribution is -2.62. The van der Waals surface area contributed by atoms with E-state index in [9.17, 15) is 39.0 Å². The molecular weight excluding hydrogens is 834 g/mol. The van der Waals surface area contributed by atoms with Crippen molar-refractivity contribution in [1.82, 2.24) is 10.6 Å². The minimum Gasteiger partial charge on any atom is -0.393 e. The number of alkyl halides is 1. The first kappa shape index (κ1) is 43.7. The SMILES string of the molecule is C[C@H](CC(=O)[C@H](C)NC(=O)CCNC(=O)CBr)C(=O)Nc1cccc(Cc2ccc([C@@H]3O[C@@H]4C[C@H]5[C@@H]6CCC7=CC(=O)C=CC7[C@H]6[C@@H](O)C[C@]5(C)[C@]4(C(=O)CO)O3)cc2)c1. The molecule has 0 radical (unpaired) electrons. The molecule has 7 rings (SSSR count). The standard InChI is InChI=1S/C46H54BrN3O10/c1-25(17-36(53)26(2)49-40(56)15-16-48-41(57)23-47)43(58)50-31-6-4-5-28(19-31)18-27-7-9-29(10-8-27)44-59-39-21-35-34-13-11-30-20-32(52)12-14-33(30)42(34)37(54)22-45(35,3)46(39,60-44)38(55)24-51/h4-10,12,14,19-20,25-26,33-35,37,39,42,44,51,54H,11,13,15-18,21-24H2,1-3H3,(H,48,57)(H,49,56)(H,50,58)/t25-,26+,33?,34+,35+,37+,39-,42-,44-,45+,46-/m1/s1. The number of benzene rings is 2. The third-order valence-electron chi connectivity index (χ3n) is 13.7. The monoisotopic (exact) mass is 887 g/mol. The maximum absolute atomic E-state index is 13.9. The van der Waals surface area contributed by atoms with Crippen molar-refractivity contribution in [3.63, 3.8) is 0 Å². The van der Waals surface area contributed by atoms with E-state index < -0.39 is 53.9 Å². The molecule has 0 bridgehead atoms. The van der Waals surface area contributed by atoms with Crippen molar-refractivity contribution in [3.8, 4) is 0 Å². The summed E-state index contributed by atoms with van der Waals surface area (Å²) in [6.45, 7) is 4.70.